The second kappa shape index (κ2) is 14.0. The summed E-state index contributed by atoms with van der Waals surface area (Å²) in [4.78, 5) is 39.5. The number of hydrogen-bond acceptors (Lipinski definition) is 6. The van der Waals surface area contributed by atoms with Crippen molar-refractivity contribution in [3.63, 3.8) is 0 Å². The van der Waals surface area contributed by atoms with Crippen LogP contribution in [0.5, 0.6) is 0 Å². The number of nitrogens with two attached hydrogens (primary N) is 2. The molecule has 0 aromatic rings. The van der Waals surface area contributed by atoms with E-state index in [9.17, 15) is 19.2 Å². The monoisotopic (exact) mass is 308 g/mol. The Balaban J connectivity index is -0.000000277. The fourth-order valence-electron chi connectivity index (χ4n) is 0.678. The summed E-state index contributed by atoms with van der Waals surface area (Å²) in [6.07, 6.45) is -0.756. The van der Waals surface area contributed by atoms with Gasteiger partial charge in [0.2, 0.25) is 0 Å². The van der Waals surface area contributed by atoms with Crippen molar-refractivity contribution in [3.8, 4) is 0 Å². The first kappa shape index (κ1) is 23.6. The van der Waals surface area contributed by atoms with E-state index in [1.807, 2.05) is 0 Å². The van der Waals surface area contributed by atoms with Gasteiger partial charge in [-0.25, -0.2) is 0 Å². The van der Waals surface area contributed by atoms with E-state index in [1.165, 1.54) is 0 Å². The molecule has 0 aliphatic heterocycles. The summed E-state index contributed by atoms with van der Waals surface area (Å²) < 4.78 is 0. The van der Waals surface area contributed by atoms with Crippen molar-refractivity contribution < 1.29 is 39.6 Å². The Kier molecular flexibility index (Phi) is 15.7. The molecule has 21 heavy (non-hydrogen) atoms. The topological polar surface area (TPSA) is 201 Å². The number of carbonyl (C=O) groups is 4. The lowest BCUT2D eigenvalue weighted by molar-refractivity contribution is -0.144. The second-order valence-electron chi connectivity index (χ2n) is 3.42. The van der Waals surface area contributed by atoms with Gasteiger partial charge in [0.25, 0.3) is 0 Å². The maximum atomic E-state index is 9.99. The average Bonchev–Trinajstić information content (AvgIpc) is 2.37. The van der Waals surface area contributed by atoms with Crippen molar-refractivity contribution >= 4 is 23.9 Å². The van der Waals surface area contributed by atoms with E-state index in [0.29, 0.717) is 0 Å². The quantitative estimate of drug-likeness (QED) is 0.314. The third kappa shape index (κ3) is 20.0. The van der Waals surface area contributed by atoms with Crippen LogP contribution in [-0.4, -0.2) is 56.4 Å². The number of hydrogen-bond donors (Lipinski definition) is 6. The van der Waals surface area contributed by atoms with E-state index in [2.05, 4.69) is 13.2 Å². The van der Waals surface area contributed by atoms with E-state index in [0.717, 1.165) is 0 Å². The van der Waals surface area contributed by atoms with Crippen LogP contribution in [0.3, 0.4) is 0 Å². The summed E-state index contributed by atoms with van der Waals surface area (Å²) >= 11 is 0. The van der Waals surface area contributed by atoms with Crippen LogP contribution in [0, 0.1) is 0 Å². The zero-order chi connectivity index (χ0) is 17.6. The molecule has 10 heteroatoms. The van der Waals surface area contributed by atoms with E-state index in [1.54, 1.807) is 0 Å². The first-order valence-electron chi connectivity index (χ1n) is 5.48. The Morgan fingerprint density at radius 1 is 0.810 bits per heavy atom. The molecule has 0 saturated heterocycles. The largest absolute Gasteiger partial charge is 0.481 e. The van der Waals surface area contributed by atoms with E-state index in [4.69, 9.17) is 31.9 Å². The lowest BCUT2D eigenvalue weighted by Gasteiger charge is -2.01. The maximum absolute atomic E-state index is 9.99. The van der Waals surface area contributed by atoms with Gasteiger partial charge in [0.05, 0.1) is 6.42 Å². The van der Waals surface area contributed by atoms with Gasteiger partial charge in [0, 0.05) is 6.42 Å². The first-order chi connectivity index (χ1) is 9.57. The van der Waals surface area contributed by atoms with Crippen molar-refractivity contribution in [2.75, 3.05) is 0 Å². The van der Waals surface area contributed by atoms with Crippen LogP contribution in [0.2, 0.25) is 0 Å². The summed E-state index contributed by atoms with van der Waals surface area (Å²) in [5.74, 6) is -4.69. The molecule has 0 heterocycles. The molecule has 0 aliphatic rings. The molecule has 2 atom stereocenters. The highest BCUT2D eigenvalue weighted by Crippen LogP contribution is 1.93. The molecule has 0 rings (SSSR count). The molecular weight excluding hydrogens is 288 g/mol. The van der Waals surface area contributed by atoms with Crippen molar-refractivity contribution in [2.24, 2.45) is 11.5 Å². The zero-order valence-corrected chi connectivity index (χ0v) is 11.3. The summed E-state index contributed by atoms with van der Waals surface area (Å²) in [5.41, 5.74) is 9.84. The Bertz CT molecular complexity index is 358. The van der Waals surface area contributed by atoms with Crippen LogP contribution in [-0.2, 0) is 19.2 Å². The Labute approximate surface area is 120 Å². The fraction of sp³-hybridized carbons (Fsp3) is 0.455. The molecule has 0 aromatic heterocycles. The van der Waals surface area contributed by atoms with E-state index < -0.39 is 42.4 Å². The molecule has 0 aliphatic carbocycles. The number of rotatable bonds is 7. The van der Waals surface area contributed by atoms with Crippen LogP contribution in [0.25, 0.3) is 0 Å². The molecular formula is C11H20N2O8. The van der Waals surface area contributed by atoms with Gasteiger partial charge in [-0.2, -0.15) is 0 Å². The van der Waals surface area contributed by atoms with Gasteiger partial charge in [0.1, 0.15) is 12.1 Å². The molecule has 0 spiro atoms. The Hall–Kier alpha value is -2.46. The van der Waals surface area contributed by atoms with Crippen molar-refractivity contribution in [2.45, 2.75) is 31.3 Å². The van der Waals surface area contributed by atoms with Gasteiger partial charge < -0.3 is 31.9 Å². The number of aliphatic carboxylic acids is 4. The second-order valence-corrected chi connectivity index (χ2v) is 3.42. The summed E-state index contributed by atoms with van der Waals surface area (Å²) in [6.45, 7) is 6.00. The molecule has 2 unspecified atom stereocenters. The highest BCUT2D eigenvalue weighted by Gasteiger charge is 2.14. The van der Waals surface area contributed by atoms with Crippen molar-refractivity contribution in [1.29, 1.82) is 0 Å². The van der Waals surface area contributed by atoms with Gasteiger partial charge in [-0.15, -0.1) is 13.2 Å². The predicted molar refractivity (Wildman–Crippen MR) is 71.6 cm³/mol. The molecule has 0 fully saturated rings. The van der Waals surface area contributed by atoms with Gasteiger partial charge in [-0.3, -0.25) is 19.2 Å². The Morgan fingerprint density at radius 2 is 1.19 bits per heavy atom. The molecule has 0 bridgehead atoms. The van der Waals surface area contributed by atoms with Gasteiger partial charge in [-0.1, -0.05) is 0 Å². The maximum Gasteiger partial charge on any atom is 0.321 e. The zero-order valence-electron chi connectivity index (χ0n) is 11.3. The third-order valence-electron chi connectivity index (χ3n) is 1.70. The lowest BCUT2D eigenvalue weighted by atomic mass is 10.2. The number of carboxylic acids is 4. The molecule has 0 radical (unpaired) electrons. The van der Waals surface area contributed by atoms with Crippen LogP contribution in [0.1, 0.15) is 19.3 Å². The van der Waals surface area contributed by atoms with Gasteiger partial charge in [0.15, 0.2) is 0 Å². The summed E-state index contributed by atoms with van der Waals surface area (Å²) in [6, 6.07) is -2.35. The van der Waals surface area contributed by atoms with Gasteiger partial charge >= 0.3 is 23.9 Å². The summed E-state index contributed by atoms with van der Waals surface area (Å²) in [5, 5.41) is 32.3. The normalized spacial score (nSPS) is 11.5. The SMILES string of the molecule is C=C.NC(CC(=O)O)C(=O)O.NC(CCC(=O)O)C(=O)O. The standard InChI is InChI=1S/C5H9NO4.C4H7NO4.C2H4/c6-3(5(9)10)1-2-4(7)8;5-2(4(8)9)1-3(6)7;1-2/h3H,1-2,6H2,(H,7,8)(H,9,10);2H,1,5H2,(H,6,7)(H,8,9);1-2H2. The molecule has 0 amide bonds. The average molecular weight is 308 g/mol. The molecule has 10 nitrogen and oxygen atoms in total. The van der Waals surface area contributed by atoms with Crippen LogP contribution in [0.4, 0.5) is 0 Å². The van der Waals surface area contributed by atoms with E-state index in [-0.39, 0.29) is 12.8 Å². The van der Waals surface area contributed by atoms with Crippen molar-refractivity contribution in [3.05, 3.63) is 13.2 Å². The minimum atomic E-state index is -1.29. The fourth-order valence-corrected chi connectivity index (χ4v) is 0.678. The molecule has 8 N–H and O–H groups in total. The highest BCUT2D eigenvalue weighted by molar-refractivity contribution is 5.80. The van der Waals surface area contributed by atoms with Gasteiger partial charge in [-0.05, 0) is 6.42 Å². The minimum Gasteiger partial charge on any atom is -0.481 e. The van der Waals surface area contributed by atoms with Crippen LogP contribution < -0.4 is 11.5 Å². The van der Waals surface area contributed by atoms with Crippen LogP contribution in [0.15, 0.2) is 13.2 Å². The summed E-state index contributed by atoms with van der Waals surface area (Å²) in [7, 11) is 0. The Morgan fingerprint density at radius 3 is 1.38 bits per heavy atom. The number of carboxylic acid groups (broad SMARTS) is 4. The van der Waals surface area contributed by atoms with E-state index >= 15 is 0 Å². The predicted octanol–water partition coefficient (Wildman–Crippen LogP) is -1.06. The lowest BCUT2D eigenvalue weighted by Crippen LogP contribution is -2.32. The molecule has 0 saturated carbocycles. The van der Waals surface area contributed by atoms with Crippen LogP contribution >= 0.6 is 0 Å². The smallest absolute Gasteiger partial charge is 0.321 e. The molecule has 0 aromatic carbocycles. The van der Waals surface area contributed by atoms with Crippen molar-refractivity contribution in [1.82, 2.24) is 0 Å². The first-order valence-corrected chi connectivity index (χ1v) is 5.48. The minimum absolute atomic E-state index is 0.0231. The highest BCUT2D eigenvalue weighted by atomic mass is 16.4. The third-order valence-corrected chi connectivity index (χ3v) is 1.70. The molecule has 122 valence electrons.